The highest BCUT2D eigenvalue weighted by atomic mass is 16.5. The number of ether oxygens (including phenoxy) is 1. The van der Waals surface area contributed by atoms with Crippen LogP contribution in [0.15, 0.2) is 30.3 Å². The summed E-state index contributed by atoms with van der Waals surface area (Å²) in [5, 5.41) is 28.3. The topological polar surface area (TPSA) is 80.4 Å². The average molecular weight is 285 g/mol. The Balaban J connectivity index is 2.21. The van der Waals surface area contributed by atoms with Gasteiger partial charge >= 0.3 is 0 Å². The first kappa shape index (κ1) is 13.4. The van der Waals surface area contributed by atoms with Gasteiger partial charge < -0.3 is 14.9 Å². The largest absolute Gasteiger partial charge is 0.505 e. The van der Waals surface area contributed by atoms with E-state index in [2.05, 4.69) is 10.2 Å². The number of methoxy groups -OCH3 is 1. The van der Waals surface area contributed by atoms with Gasteiger partial charge in [0, 0.05) is 11.6 Å². The van der Waals surface area contributed by atoms with E-state index in [4.69, 9.17) is 4.74 Å². The van der Waals surface area contributed by atoms with E-state index in [1.807, 2.05) is 25.1 Å². The Morgan fingerprint density at radius 2 is 1.90 bits per heavy atom. The molecule has 1 aromatic heterocycles. The Hall–Kier alpha value is -2.60. The third-order valence-electron chi connectivity index (χ3n) is 3.30. The second-order valence-electron chi connectivity index (χ2n) is 4.79. The molecule has 21 heavy (non-hydrogen) atoms. The van der Waals surface area contributed by atoms with Gasteiger partial charge in [0.1, 0.15) is 28.2 Å². The van der Waals surface area contributed by atoms with Crippen LogP contribution in [0.2, 0.25) is 0 Å². The molecule has 0 radical (unpaired) electrons. The molecule has 108 valence electrons. The maximum absolute atomic E-state index is 10.2. The quantitative estimate of drug-likeness (QED) is 0.768. The molecular formula is C15H15N3O3. The minimum atomic E-state index is -0.296. The number of rotatable bonds is 3. The van der Waals surface area contributed by atoms with Crippen molar-refractivity contribution >= 4 is 11.0 Å². The minimum absolute atomic E-state index is 0.0599. The number of hydrogen-bond donors (Lipinski definition) is 2. The molecule has 0 aliphatic heterocycles. The molecule has 0 bridgehead atoms. The van der Waals surface area contributed by atoms with Crippen LogP contribution in [0.4, 0.5) is 0 Å². The van der Waals surface area contributed by atoms with E-state index in [9.17, 15) is 10.2 Å². The third-order valence-corrected chi connectivity index (χ3v) is 3.30. The number of benzene rings is 2. The Morgan fingerprint density at radius 1 is 1.14 bits per heavy atom. The van der Waals surface area contributed by atoms with Gasteiger partial charge in [-0.05, 0) is 30.7 Å². The van der Waals surface area contributed by atoms with Crippen molar-refractivity contribution in [2.45, 2.75) is 13.5 Å². The first-order valence-corrected chi connectivity index (χ1v) is 6.47. The van der Waals surface area contributed by atoms with Gasteiger partial charge in [-0.25, -0.2) is 0 Å². The van der Waals surface area contributed by atoms with Crippen LogP contribution in [0, 0.1) is 6.92 Å². The zero-order chi connectivity index (χ0) is 15.0. The monoisotopic (exact) mass is 285 g/mol. The lowest BCUT2D eigenvalue weighted by atomic mass is 10.1. The van der Waals surface area contributed by atoms with Crippen LogP contribution in [-0.2, 0) is 6.61 Å². The van der Waals surface area contributed by atoms with Crippen molar-refractivity contribution in [1.82, 2.24) is 15.0 Å². The molecule has 0 saturated heterocycles. The number of aliphatic hydroxyl groups is 1. The molecule has 3 rings (SSSR count). The summed E-state index contributed by atoms with van der Waals surface area (Å²) in [5.41, 5.74) is 3.28. The van der Waals surface area contributed by atoms with Crippen molar-refractivity contribution in [3.63, 3.8) is 0 Å². The van der Waals surface area contributed by atoms with E-state index in [0.29, 0.717) is 17.0 Å². The van der Waals surface area contributed by atoms with Gasteiger partial charge in [0.2, 0.25) is 0 Å². The van der Waals surface area contributed by atoms with E-state index < -0.39 is 0 Å². The summed E-state index contributed by atoms with van der Waals surface area (Å²) >= 11 is 0. The number of aromatic nitrogens is 3. The molecule has 3 aromatic rings. The van der Waals surface area contributed by atoms with Gasteiger partial charge in [0.05, 0.1) is 13.7 Å². The standard InChI is InChI=1S/C15H15N3O3/c1-9-3-4-12-13(5-9)17-18(16-12)14-7-11(21-2)6-10(8-19)15(14)20/h3-7,19-20H,8H2,1-2H3. The fraction of sp³-hybridized carbons (Fsp3) is 0.200. The van der Waals surface area contributed by atoms with Crippen molar-refractivity contribution in [3.05, 3.63) is 41.5 Å². The Labute approximate surface area is 121 Å². The zero-order valence-electron chi connectivity index (χ0n) is 11.7. The summed E-state index contributed by atoms with van der Waals surface area (Å²) in [6, 6.07) is 8.94. The van der Waals surface area contributed by atoms with Crippen LogP contribution in [0.5, 0.6) is 11.5 Å². The van der Waals surface area contributed by atoms with Crippen LogP contribution in [-0.4, -0.2) is 32.3 Å². The predicted octanol–water partition coefficient (Wildman–Crippen LogP) is 1.94. The molecule has 0 amide bonds. The number of aromatic hydroxyl groups is 1. The number of fused-ring (bicyclic) bond motifs is 1. The fourth-order valence-electron chi connectivity index (χ4n) is 2.17. The lowest BCUT2D eigenvalue weighted by Gasteiger charge is -2.10. The summed E-state index contributed by atoms with van der Waals surface area (Å²) in [5.74, 6) is 0.458. The number of hydrogen-bond acceptors (Lipinski definition) is 5. The first-order chi connectivity index (χ1) is 10.1. The van der Waals surface area contributed by atoms with Crippen LogP contribution in [0.25, 0.3) is 16.7 Å². The summed E-state index contributed by atoms with van der Waals surface area (Å²) in [4.78, 5) is 1.35. The Morgan fingerprint density at radius 3 is 2.62 bits per heavy atom. The van der Waals surface area contributed by atoms with Gasteiger partial charge in [0.15, 0.2) is 0 Å². The van der Waals surface area contributed by atoms with Crippen molar-refractivity contribution < 1.29 is 14.9 Å². The molecular weight excluding hydrogens is 270 g/mol. The molecule has 1 heterocycles. The zero-order valence-corrected chi connectivity index (χ0v) is 11.7. The van der Waals surface area contributed by atoms with Gasteiger partial charge in [-0.1, -0.05) is 6.07 Å². The summed E-state index contributed by atoms with van der Waals surface area (Å²) < 4.78 is 5.18. The molecule has 2 aromatic carbocycles. The molecule has 0 atom stereocenters. The van der Waals surface area contributed by atoms with E-state index in [-0.39, 0.29) is 12.4 Å². The number of aryl methyl sites for hydroxylation is 1. The SMILES string of the molecule is COc1cc(CO)c(O)c(-n2nc3ccc(C)cc3n2)c1. The maximum atomic E-state index is 10.2. The molecule has 6 nitrogen and oxygen atoms in total. The number of aliphatic hydroxyl groups excluding tert-OH is 1. The van der Waals surface area contributed by atoms with Crippen LogP contribution < -0.4 is 4.74 Å². The maximum Gasteiger partial charge on any atom is 0.148 e. The van der Waals surface area contributed by atoms with Crippen LogP contribution >= 0.6 is 0 Å². The molecule has 0 unspecified atom stereocenters. The molecule has 0 aliphatic rings. The molecule has 0 aliphatic carbocycles. The summed E-state index contributed by atoms with van der Waals surface area (Å²) in [6.45, 7) is 1.68. The molecule has 0 spiro atoms. The van der Waals surface area contributed by atoms with E-state index in [1.165, 1.54) is 11.9 Å². The van der Waals surface area contributed by atoms with E-state index in [0.717, 1.165) is 16.6 Å². The van der Waals surface area contributed by atoms with Crippen molar-refractivity contribution in [2.75, 3.05) is 7.11 Å². The van der Waals surface area contributed by atoms with Gasteiger partial charge in [-0.15, -0.1) is 15.0 Å². The smallest absolute Gasteiger partial charge is 0.148 e. The normalized spacial score (nSPS) is 11.0. The van der Waals surface area contributed by atoms with Gasteiger partial charge in [-0.2, -0.15) is 0 Å². The third kappa shape index (κ3) is 2.30. The van der Waals surface area contributed by atoms with E-state index >= 15 is 0 Å². The lowest BCUT2D eigenvalue weighted by molar-refractivity contribution is 0.274. The van der Waals surface area contributed by atoms with Crippen LogP contribution in [0.1, 0.15) is 11.1 Å². The average Bonchev–Trinajstić information content (AvgIpc) is 2.90. The Kier molecular flexibility index (Phi) is 3.23. The minimum Gasteiger partial charge on any atom is -0.505 e. The second-order valence-corrected chi connectivity index (χ2v) is 4.79. The Bertz CT molecular complexity index is 811. The van der Waals surface area contributed by atoms with Crippen LogP contribution in [0.3, 0.4) is 0 Å². The molecule has 0 fully saturated rings. The number of phenols is 1. The predicted molar refractivity (Wildman–Crippen MR) is 77.7 cm³/mol. The number of nitrogens with zero attached hydrogens (tertiary/aromatic N) is 3. The van der Waals surface area contributed by atoms with Gasteiger partial charge in [-0.3, -0.25) is 0 Å². The highest BCUT2D eigenvalue weighted by Gasteiger charge is 2.14. The molecule has 0 saturated carbocycles. The molecule has 6 heteroatoms. The lowest BCUT2D eigenvalue weighted by Crippen LogP contribution is -2.02. The van der Waals surface area contributed by atoms with Crippen molar-refractivity contribution in [2.24, 2.45) is 0 Å². The summed E-state index contributed by atoms with van der Waals surface area (Å²) in [6.07, 6.45) is 0. The van der Waals surface area contributed by atoms with Crippen molar-refractivity contribution in [1.29, 1.82) is 0 Å². The highest BCUT2D eigenvalue weighted by molar-refractivity contribution is 5.75. The highest BCUT2D eigenvalue weighted by Crippen LogP contribution is 2.31. The molecule has 2 N–H and O–H groups in total. The van der Waals surface area contributed by atoms with Crippen molar-refractivity contribution in [3.8, 4) is 17.2 Å². The second kappa shape index (κ2) is 5.06. The summed E-state index contributed by atoms with van der Waals surface area (Å²) in [7, 11) is 1.52. The van der Waals surface area contributed by atoms with Gasteiger partial charge in [0.25, 0.3) is 0 Å². The van der Waals surface area contributed by atoms with E-state index in [1.54, 1.807) is 12.1 Å². The fourth-order valence-corrected chi connectivity index (χ4v) is 2.17. The first-order valence-electron chi connectivity index (χ1n) is 6.47.